The summed E-state index contributed by atoms with van der Waals surface area (Å²) in [5.74, 6) is 0.454. The normalized spacial score (nSPS) is 15.3. The number of ether oxygens (including phenoxy) is 1. The molecule has 3 aromatic rings. The van der Waals surface area contributed by atoms with E-state index in [1.807, 2.05) is 42.6 Å². The Morgan fingerprint density at radius 1 is 1.25 bits per heavy atom. The van der Waals surface area contributed by atoms with Gasteiger partial charge in [-0.15, -0.1) is 11.3 Å². The summed E-state index contributed by atoms with van der Waals surface area (Å²) < 4.78 is 5.29. The van der Waals surface area contributed by atoms with Gasteiger partial charge < -0.3 is 15.0 Å². The van der Waals surface area contributed by atoms with Gasteiger partial charge in [0.1, 0.15) is 5.75 Å². The molecular weight excluding hydrogens is 422 g/mol. The molecular formula is C25H29N3O3S. The Bertz CT molecular complexity index is 1100. The van der Waals surface area contributed by atoms with Crippen molar-refractivity contribution in [3.63, 3.8) is 0 Å². The number of carbonyl (C=O) groups excluding carboxylic acids is 1. The Hall–Kier alpha value is -2.93. The molecule has 1 fully saturated rings. The number of hydrogen-bond acceptors (Lipinski definition) is 5. The fourth-order valence-corrected chi connectivity index (χ4v) is 5.18. The second-order valence-corrected chi connectivity index (χ2v) is 9.35. The van der Waals surface area contributed by atoms with Crippen LogP contribution in [-0.4, -0.2) is 23.0 Å². The zero-order valence-electron chi connectivity index (χ0n) is 18.5. The van der Waals surface area contributed by atoms with Crippen molar-refractivity contribution in [2.75, 3.05) is 12.4 Å². The van der Waals surface area contributed by atoms with Crippen molar-refractivity contribution >= 4 is 22.4 Å². The third-order valence-corrected chi connectivity index (χ3v) is 6.92. The summed E-state index contributed by atoms with van der Waals surface area (Å²) in [7, 11) is 1.63. The topological polar surface area (TPSA) is 84.1 Å². The van der Waals surface area contributed by atoms with Crippen LogP contribution in [0.25, 0.3) is 11.1 Å². The van der Waals surface area contributed by atoms with Gasteiger partial charge in [0, 0.05) is 22.8 Å². The van der Waals surface area contributed by atoms with Crippen LogP contribution in [0.2, 0.25) is 0 Å². The van der Waals surface area contributed by atoms with Crippen molar-refractivity contribution in [3.05, 3.63) is 63.5 Å². The summed E-state index contributed by atoms with van der Waals surface area (Å²) in [5, 5.41) is 5.33. The van der Waals surface area contributed by atoms with Gasteiger partial charge >= 0.3 is 0 Å². The summed E-state index contributed by atoms with van der Waals surface area (Å²) in [6.07, 6.45) is 8.13. The van der Waals surface area contributed by atoms with E-state index in [1.54, 1.807) is 13.3 Å². The molecule has 0 aliphatic heterocycles. The Morgan fingerprint density at radius 2 is 2.00 bits per heavy atom. The minimum atomic E-state index is -0.552. The van der Waals surface area contributed by atoms with E-state index >= 15 is 0 Å². The lowest BCUT2D eigenvalue weighted by atomic mass is 9.79. The number of aryl methyl sites for hydroxylation is 1. The molecule has 1 atom stereocenters. The van der Waals surface area contributed by atoms with Gasteiger partial charge in [0.2, 0.25) is 5.91 Å². The Morgan fingerprint density at radius 3 is 2.66 bits per heavy atom. The van der Waals surface area contributed by atoms with E-state index in [1.165, 1.54) is 30.6 Å². The van der Waals surface area contributed by atoms with Crippen molar-refractivity contribution in [2.45, 2.75) is 51.4 Å². The van der Waals surface area contributed by atoms with Gasteiger partial charge in [-0.2, -0.15) is 0 Å². The highest BCUT2D eigenvalue weighted by Gasteiger charge is 2.31. The third kappa shape index (κ3) is 5.10. The van der Waals surface area contributed by atoms with Crippen LogP contribution < -0.4 is 15.6 Å². The summed E-state index contributed by atoms with van der Waals surface area (Å²) >= 11 is 1.38. The number of thiazole rings is 1. The average molecular weight is 452 g/mol. The zero-order chi connectivity index (χ0) is 22.5. The first-order chi connectivity index (χ1) is 15.5. The smallest absolute Gasteiger partial charge is 0.252 e. The van der Waals surface area contributed by atoms with Crippen molar-refractivity contribution < 1.29 is 9.53 Å². The van der Waals surface area contributed by atoms with Crippen LogP contribution in [0, 0.1) is 12.8 Å². The number of pyridine rings is 1. The molecule has 1 aliphatic carbocycles. The third-order valence-electron chi connectivity index (χ3n) is 6.23. The minimum Gasteiger partial charge on any atom is -0.497 e. The summed E-state index contributed by atoms with van der Waals surface area (Å²) in [6, 6.07) is 9.59. The van der Waals surface area contributed by atoms with Crippen LogP contribution >= 0.6 is 11.3 Å². The van der Waals surface area contributed by atoms with Crippen molar-refractivity contribution in [1.82, 2.24) is 9.97 Å². The maximum absolute atomic E-state index is 13.5. The molecule has 6 nitrogen and oxygen atoms in total. The van der Waals surface area contributed by atoms with Crippen molar-refractivity contribution in [3.8, 4) is 16.9 Å². The molecule has 1 aliphatic rings. The van der Waals surface area contributed by atoms with Crippen molar-refractivity contribution in [1.29, 1.82) is 0 Å². The molecule has 0 unspecified atom stereocenters. The molecule has 1 amide bonds. The average Bonchev–Trinajstić information content (AvgIpc) is 3.31. The SMILES string of the molecule is COc1ccc(-c2cc(C)[nH]c(=O)c2[C@H](CC2CCCCC2)C(=O)Nc2nccs2)cc1. The number of nitrogens with zero attached hydrogens (tertiary/aromatic N) is 1. The largest absolute Gasteiger partial charge is 0.497 e. The highest BCUT2D eigenvalue weighted by molar-refractivity contribution is 7.13. The highest BCUT2D eigenvalue weighted by atomic mass is 32.1. The lowest BCUT2D eigenvalue weighted by molar-refractivity contribution is -0.118. The van der Waals surface area contributed by atoms with Crippen LogP contribution in [0.3, 0.4) is 0 Å². The van der Waals surface area contributed by atoms with Gasteiger partial charge in [-0.1, -0.05) is 44.2 Å². The van der Waals surface area contributed by atoms with Crippen LogP contribution in [0.5, 0.6) is 5.75 Å². The second-order valence-electron chi connectivity index (χ2n) is 8.46. The molecule has 2 aromatic heterocycles. The summed E-state index contributed by atoms with van der Waals surface area (Å²) in [5.41, 5.74) is 2.78. The molecule has 1 saturated carbocycles. The molecule has 168 valence electrons. The van der Waals surface area contributed by atoms with Crippen molar-refractivity contribution in [2.24, 2.45) is 5.92 Å². The predicted molar refractivity (Wildman–Crippen MR) is 128 cm³/mol. The van der Waals surface area contributed by atoms with Gasteiger partial charge in [-0.25, -0.2) is 4.98 Å². The lowest BCUT2D eigenvalue weighted by Crippen LogP contribution is -2.30. The number of methoxy groups -OCH3 is 1. The maximum atomic E-state index is 13.5. The molecule has 1 aromatic carbocycles. The fraction of sp³-hybridized carbons (Fsp3) is 0.400. The number of amides is 1. The van der Waals surface area contributed by atoms with Gasteiger partial charge in [0.15, 0.2) is 5.13 Å². The highest BCUT2D eigenvalue weighted by Crippen LogP contribution is 2.37. The summed E-state index contributed by atoms with van der Waals surface area (Å²) in [6.45, 7) is 1.87. The Kier molecular flexibility index (Phi) is 7.05. The second kappa shape index (κ2) is 10.1. The van der Waals surface area contributed by atoms with Gasteiger partial charge in [-0.05, 0) is 48.6 Å². The van der Waals surface area contributed by atoms with Crippen LogP contribution in [-0.2, 0) is 4.79 Å². The molecule has 0 spiro atoms. The van der Waals surface area contributed by atoms with E-state index in [4.69, 9.17) is 4.74 Å². The number of aromatic nitrogens is 2. The Balaban J connectivity index is 1.77. The van der Waals surface area contributed by atoms with Gasteiger partial charge in [-0.3, -0.25) is 9.59 Å². The van der Waals surface area contributed by atoms with Crippen LogP contribution in [0.4, 0.5) is 5.13 Å². The Labute approximate surface area is 192 Å². The predicted octanol–water partition coefficient (Wildman–Crippen LogP) is 5.51. The van der Waals surface area contributed by atoms with E-state index in [2.05, 4.69) is 15.3 Å². The number of nitrogens with one attached hydrogen (secondary N) is 2. The van der Waals surface area contributed by atoms with E-state index in [0.29, 0.717) is 23.0 Å². The van der Waals surface area contributed by atoms with E-state index in [-0.39, 0.29) is 11.5 Å². The van der Waals surface area contributed by atoms with Crippen LogP contribution in [0.1, 0.15) is 55.7 Å². The van der Waals surface area contributed by atoms with E-state index in [9.17, 15) is 9.59 Å². The number of H-pyrrole nitrogens is 1. The van der Waals surface area contributed by atoms with Gasteiger partial charge in [0.05, 0.1) is 13.0 Å². The summed E-state index contributed by atoms with van der Waals surface area (Å²) in [4.78, 5) is 33.9. The molecule has 4 rings (SSSR count). The number of anilines is 1. The number of hydrogen-bond donors (Lipinski definition) is 2. The first kappa shape index (κ1) is 22.3. The van der Waals surface area contributed by atoms with E-state index in [0.717, 1.165) is 35.4 Å². The minimum absolute atomic E-state index is 0.172. The van der Waals surface area contributed by atoms with E-state index < -0.39 is 5.92 Å². The number of carbonyl (C=O) groups is 1. The number of rotatable bonds is 7. The number of benzene rings is 1. The quantitative estimate of drug-likeness (QED) is 0.496. The first-order valence-electron chi connectivity index (χ1n) is 11.1. The molecule has 7 heteroatoms. The molecule has 2 N–H and O–H groups in total. The molecule has 0 saturated heterocycles. The van der Waals surface area contributed by atoms with Crippen LogP contribution in [0.15, 0.2) is 46.7 Å². The standard InChI is InChI=1S/C25H29N3O3S/c1-16-14-20(18-8-10-19(31-2)11-9-18)22(24(30)27-16)21(15-17-6-4-3-5-7-17)23(29)28-25-26-12-13-32-25/h8-14,17,21H,3-7,15H2,1-2H3,(H,27,30)(H,26,28,29)/t21-/m0/s1. The molecule has 32 heavy (non-hydrogen) atoms. The lowest BCUT2D eigenvalue weighted by Gasteiger charge is -2.27. The monoisotopic (exact) mass is 451 g/mol. The first-order valence-corrected chi connectivity index (χ1v) is 12.0. The molecule has 0 radical (unpaired) electrons. The van der Waals surface area contributed by atoms with Gasteiger partial charge in [0.25, 0.3) is 5.56 Å². The zero-order valence-corrected chi connectivity index (χ0v) is 19.3. The number of aromatic amines is 1. The fourth-order valence-electron chi connectivity index (χ4n) is 4.64. The molecule has 2 heterocycles. The maximum Gasteiger partial charge on any atom is 0.252 e. The molecule has 0 bridgehead atoms.